The summed E-state index contributed by atoms with van der Waals surface area (Å²) >= 11 is 0. The molecule has 0 spiro atoms. The summed E-state index contributed by atoms with van der Waals surface area (Å²) in [7, 11) is 1.70. The summed E-state index contributed by atoms with van der Waals surface area (Å²) in [5.41, 5.74) is 2.55. The molecular formula is C6H10N4. The van der Waals surface area contributed by atoms with Crippen LogP contribution in [0.5, 0.6) is 0 Å². The van der Waals surface area contributed by atoms with Crippen molar-refractivity contribution in [3.8, 4) is 0 Å². The molecule has 0 fully saturated rings. The van der Waals surface area contributed by atoms with Gasteiger partial charge < -0.3 is 5.43 Å². The highest BCUT2D eigenvalue weighted by molar-refractivity contribution is 5.79. The summed E-state index contributed by atoms with van der Waals surface area (Å²) in [5.74, 6) is 0. The zero-order valence-corrected chi connectivity index (χ0v) is 5.86. The molecule has 0 bridgehead atoms. The summed E-state index contributed by atoms with van der Waals surface area (Å²) in [6.45, 7) is 3.25. The van der Waals surface area contributed by atoms with Gasteiger partial charge in [-0.05, 0) is 12.8 Å². The summed E-state index contributed by atoms with van der Waals surface area (Å²) in [4.78, 5) is 7.22. The summed E-state index contributed by atoms with van der Waals surface area (Å²) in [5, 5.41) is 3.62. The number of hydrogen-bond acceptors (Lipinski definition) is 3. The van der Waals surface area contributed by atoms with Gasteiger partial charge in [-0.15, -0.1) is 0 Å². The molecule has 0 aliphatic carbocycles. The number of hydrogen-bond donors (Lipinski definition) is 1. The molecule has 0 atom stereocenters. The fourth-order valence-electron chi connectivity index (χ4n) is 0.279. The maximum absolute atomic E-state index is 3.74. The van der Waals surface area contributed by atoms with Crippen LogP contribution in [0.2, 0.25) is 0 Å². The minimum atomic E-state index is 1.40. The molecule has 0 rings (SSSR count). The van der Waals surface area contributed by atoms with Gasteiger partial charge in [0.05, 0.1) is 0 Å². The average molecular weight is 138 g/mol. The lowest BCUT2D eigenvalue weighted by molar-refractivity contribution is 0.905. The van der Waals surface area contributed by atoms with Crippen molar-refractivity contribution in [2.45, 2.75) is 0 Å². The zero-order chi connectivity index (χ0) is 7.66. The van der Waals surface area contributed by atoms with Crippen LogP contribution in [0.25, 0.3) is 0 Å². The van der Waals surface area contributed by atoms with E-state index in [0.29, 0.717) is 0 Å². The second-order valence-corrected chi connectivity index (χ2v) is 1.29. The maximum Gasteiger partial charge on any atom is 0.135 e. The Bertz CT molecular complexity index is 157. The lowest BCUT2D eigenvalue weighted by atomic mass is 10.7. The molecule has 0 saturated heterocycles. The van der Waals surface area contributed by atoms with Crippen molar-refractivity contribution in [1.82, 2.24) is 5.43 Å². The number of nitrogens with one attached hydrogen (secondary N) is 1. The van der Waals surface area contributed by atoms with Crippen LogP contribution in [0.15, 0.2) is 27.4 Å². The van der Waals surface area contributed by atoms with E-state index in [1.807, 2.05) is 0 Å². The van der Waals surface area contributed by atoms with Crippen molar-refractivity contribution >= 4 is 19.3 Å². The van der Waals surface area contributed by atoms with Gasteiger partial charge >= 0.3 is 0 Å². The minimum absolute atomic E-state index is 1.40. The number of nitrogens with zero attached hydrogens (tertiary/aromatic N) is 3. The first-order valence-corrected chi connectivity index (χ1v) is 2.74. The van der Waals surface area contributed by atoms with Crippen molar-refractivity contribution in [3.05, 3.63) is 12.3 Å². The zero-order valence-electron chi connectivity index (χ0n) is 5.86. The first-order chi connectivity index (χ1) is 4.91. The lowest BCUT2D eigenvalue weighted by Gasteiger charge is -1.78. The third-order valence-electron chi connectivity index (χ3n) is 0.617. The van der Waals surface area contributed by atoms with Crippen molar-refractivity contribution in [3.63, 3.8) is 0 Å². The Morgan fingerprint density at radius 3 is 2.90 bits per heavy atom. The topological polar surface area (TPSA) is 49.1 Å². The Morgan fingerprint density at radius 1 is 1.50 bits per heavy atom. The summed E-state index contributed by atoms with van der Waals surface area (Å²) in [6.07, 6.45) is 6.16. The third-order valence-corrected chi connectivity index (χ3v) is 0.617. The van der Waals surface area contributed by atoms with Gasteiger partial charge in [-0.2, -0.15) is 5.10 Å². The second kappa shape index (κ2) is 7.55. The third kappa shape index (κ3) is 6.55. The molecule has 0 aliphatic heterocycles. The van der Waals surface area contributed by atoms with Gasteiger partial charge in [0.1, 0.15) is 6.34 Å². The molecule has 1 N–H and O–H groups in total. The van der Waals surface area contributed by atoms with E-state index in [1.165, 1.54) is 12.5 Å². The van der Waals surface area contributed by atoms with Crippen LogP contribution in [0.4, 0.5) is 0 Å². The monoisotopic (exact) mass is 138 g/mol. The molecule has 0 unspecified atom stereocenters. The molecule has 4 nitrogen and oxygen atoms in total. The number of hydrazone groups is 1. The van der Waals surface area contributed by atoms with Gasteiger partial charge in [-0.3, -0.25) is 4.99 Å². The van der Waals surface area contributed by atoms with Crippen LogP contribution in [0.1, 0.15) is 0 Å². The van der Waals surface area contributed by atoms with E-state index < -0.39 is 0 Å². The fourth-order valence-corrected chi connectivity index (χ4v) is 0.279. The summed E-state index contributed by atoms with van der Waals surface area (Å²) < 4.78 is 0. The Morgan fingerprint density at radius 2 is 2.30 bits per heavy atom. The van der Waals surface area contributed by atoms with Crippen LogP contribution < -0.4 is 5.43 Å². The molecule has 0 aliphatic rings. The highest BCUT2D eigenvalue weighted by atomic mass is 15.3. The first kappa shape index (κ1) is 8.55. The van der Waals surface area contributed by atoms with E-state index in [1.54, 1.807) is 19.3 Å². The molecule has 0 aromatic rings. The smallest absolute Gasteiger partial charge is 0.135 e. The molecule has 54 valence electrons. The van der Waals surface area contributed by atoms with Gasteiger partial charge in [-0.25, -0.2) is 4.99 Å². The number of aliphatic imine (C=N–C) groups is 2. The molecule has 4 heteroatoms. The van der Waals surface area contributed by atoms with Crippen molar-refractivity contribution < 1.29 is 0 Å². The molecule has 0 saturated carbocycles. The van der Waals surface area contributed by atoms with Gasteiger partial charge in [0.25, 0.3) is 0 Å². The average Bonchev–Trinajstić information content (AvgIpc) is 1.97. The van der Waals surface area contributed by atoms with Gasteiger partial charge in [0.2, 0.25) is 0 Å². The highest BCUT2D eigenvalue weighted by Crippen LogP contribution is 1.67. The van der Waals surface area contributed by atoms with Gasteiger partial charge in [0.15, 0.2) is 0 Å². The standard InChI is InChI=1S/C6H10N4/c1-7-4-3-5-9-6-10-8-2/h3-6,8H,1H2,2H3/b4-3-,9-5-,10-6-. The molecule has 0 aromatic heterocycles. The normalized spacial score (nSPS) is 11.7. The first-order valence-electron chi connectivity index (χ1n) is 2.74. The van der Waals surface area contributed by atoms with E-state index in [0.717, 1.165) is 0 Å². The number of allylic oxidation sites excluding steroid dienone is 1. The maximum atomic E-state index is 3.74. The van der Waals surface area contributed by atoms with Crippen LogP contribution in [-0.4, -0.2) is 26.3 Å². The van der Waals surface area contributed by atoms with Crippen molar-refractivity contribution in [2.24, 2.45) is 15.1 Å². The van der Waals surface area contributed by atoms with Crippen LogP contribution >= 0.6 is 0 Å². The van der Waals surface area contributed by atoms with E-state index in [-0.39, 0.29) is 0 Å². The van der Waals surface area contributed by atoms with E-state index in [9.17, 15) is 0 Å². The second-order valence-electron chi connectivity index (χ2n) is 1.29. The largest absolute Gasteiger partial charge is 0.312 e. The van der Waals surface area contributed by atoms with E-state index >= 15 is 0 Å². The molecule has 0 heterocycles. The molecular weight excluding hydrogens is 128 g/mol. The van der Waals surface area contributed by atoms with Crippen LogP contribution in [0.3, 0.4) is 0 Å². The Labute approximate surface area is 60.1 Å². The summed E-state index contributed by atoms with van der Waals surface area (Å²) in [6, 6.07) is 0. The van der Waals surface area contributed by atoms with E-state index in [2.05, 4.69) is 27.2 Å². The number of rotatable bonds is 4. The predicted molar refractivity (Wildman–Crippen MR) is 44.7 cm³/mol. The molecule has 10 heavy (non-hydrogen) atoms. The highest BCUT2D eigenvalue weighted by Gasteiger charge is 1.60. The lowest BCUT2D eigenvalue weighted by Crippen LogP contribution is -1.91. The van der Waals surface area contributed by atoms with Crippen LogP contribution in [-0.2, 0) is 0 Å². The fraction of sp³-hybridized carbons (Fsp3) is 0.167. The molecule has 0 amide bonds. The molecule has 0 radical (unpaired) electrons. The predicted octanol–water partition coefficient (Wildman–Crippen LogP) is 0.434. The van der Waals surface area contributed by atoms with Gasteiger partial charge in [0, 0.05) is 19.5 Å². The Kier molecular flexibility index (Phi) is 6.46. The van der Waals surface area contributed by atoms with Crippen molar-refractivity contribution in [1.29, 1.82) is 0 Å². The van der Waals surface area contributed by atoms with E-state index in [4.69, 9.17) is 0 Å². The Balaban J connectivity index is 3.46. The van der Waals surface area contributed by atoms with Crippen molar-refractivity contribution in [2.75, 3.05) is 7.05 Å². The van der Waals surface area contributed by atoms with Gasteiger partial charge in [-0.1, -0.05) is 0 Å². The Hall–Kier alpha value is -1.45. The minimum Gasteiger partial charge on any atom is -0.312 e. The quantitative estimate of drug-likeness (QED) is 0.342. The SMILES string of the molecule is C=N\C=C/C=N\C=N/NC. The van der Waals surface area contributed by atoms with Crippen LogP contribution in [0, 0.1) is 0 Å². The molecule has 0 aromatic carbocycles.